The molecule has 2 aromatic rings. The summed E-state index contributed by atoms with van der Waals surface area (Å²) in [6.07, 6.45) is 5.84. The molecule has 0 bridgehead atoms. The fourth-order valence-corrected chi connectivity index (χ4v) is 2.28. The predicted octanol–water partition coefficient (Wildman–Crippen LogP) is 4.67. The highest BCUT2D eigenvalue weighted by atomic mass is 19.3. The third-order valence-corrected chi connectivity index (χ3v) is 3.65. The molecule has 134 valence electrons. The molecule has 1 N–H and O–H groups in total. The predicted molar refractivity (Wildman–Crippen MR) is 95.5 cm³/mol. The summed E-state index contributed by atoms with van der Waals surface area (Å²) in [5.41, 5.74) is 2.11. The lowest BCUT2D eigenvalue weighted by molar-refractivity contribution is -0.111. The molecule has 1 aromatic heterocycles. The number of unbranched alkanes of at least 4 members (excludes halogenated alkanes) is 1. The highest BCUT2D eigenvalue weighted by Crippen LogP contribution is 2.19. The van der Waals surface area contributed by atoms with E-state index in [0.29, 0.717) is 25.2 Å². The monoisotopic (exact) mass is 347 g/mol. The average Bonchev–Trinajstić information content (AvgIpc) is 2.97. The van der Waals surface area contributed by atoms with Crippen molar-refractivity contribution in [3.63, 3.8) is 0 Å². The molecular weight excluding hydrogens is 324 g/mol. The Bertz CT molecular complexity index is 715. The number of halogens is 2. The molecule has 6 heteroatoms. The zero-order valence-electron chi connectivity index (χ0n) is 14.5. The summed E-state index contributed by atoms with van der Waals surface area (Å²) in [7, 11) is 0. The second-order valence-electron chi connectivity index (χ2n) is 6.22. The van der Waals surface area contributed by atoms with Crippen LogP contribution >= 0.6 is 0 Å². The molecule has 0 saturated carbocycles. The molecule has 1 heterocycles. The van der Waals surface area contributed by atoms with Crippen molar-refractivity contribution in [1.82, 2.24) is 9.78 Å². The van der Waals surface area contributed by atoms with Crippen LogP contribution in [0.3, 0.4) is 0 Å². The number of anilines is 1. The van der Waals surface area contributed by atoms with Crippen LogP contribution in [-0.2, 0) is 11.3 Å². The van der Waals surface area contributed by atoms with E-state index >= 15 is 0 Å². The van der Waals surface area contributed by atoms with Crippen molar-refractivity contribution < 1.29 is 13.6 Å². The molecule has 0 saturated heterocycles. The highest BCUT2D eigenvalue weighted by Gasteiger charge is 2.19. The zero-order chi connectivity index (χ0) is 18.3. The van der Waals surface area contributed by atoms with E-state index in [4.69, 9.17) is 0 Å². The summed E-state index contributed by atoms with van der Waals surface area (Å²) in [6.45, 7) is 3.48. The summed E-state index contributed by atoms with van der Waals surface area (Å²) in [5, 5.41) is 6.90. The second-order valence-corrected chi connectivity index (χ2v) is 6.22. The van der Waals surface area contributed by atoms with Gasteiger partial charge in [0.1, 0.15) is 0 Å². The van der Waals surface area contributed by atoms with Crippen molar-refractivity contribution in [2.45, 2.75) is 45.6 Å². The summed E-state index contributed by atoms with van der Waals surface area (Å²) in [6, 6.07) is 9.52. The van der Waals surface area contributed by atoms with Gasteiger partial charge in [-0.1, -0.05) is 29.8 Å². The third kappa shape index (κ3) is 7.28. The van der Waals surface area contributed by atoms with Crippen LogP contribution in [0.25, 0.3) is 6.08 Å². The molecule has 0 spiro atoms. The topological polar surface area (TPSA) is 46.9 Å². The summed E-state index contributed by atoms with van der Waals surface area (Å²) in [5.74, 6) is -2.44. The number of amides is 1. The van der Waals surface area contributed by atoms with Crippen LogP contribution in [0.15, 0.2) is 42.6 Å². The number of hydrogen-bond acceptors (Lipinski definition) is 2. The Hall–Kier alpha value is -2.50. The lowest BCUT2D eigenvalue weighted by Gasteiger charge is -2.09. The minimum atomic E-state index is -2.62. The van der Waals surface area contributed by atoms with Gasteiger partial charge in [-0.15, -0.1) is 0 Å². The molecule has 0 atom stereocenters. The van der Waals surface area contributed by atoms with Gasteiger partial charge in [-0.2, -0.15) is 5.10 Å². The molecule has 0 unspecified atom stereocenters. The first kappa shape index (κ1) is 18.8. The second kappa shape index (κ2) is 8.55. The van der Waals surface area contributed by atoms with E-state index in [9.17, 15) is 13.6 Å². The molecule has 0 aliphatic carbocycles. The van der Waals surface area contributed by atoms with Gasteiger partial charge in [0.2, 0.25) is 11.8 Å². The van der Waals surface area contributed by atoms with Crippen LogP contribution in [0.1, 0.15) is 37.3 Å². The largest absolute Gasteiger partial charge is 0.306 e. The number of nitrogens with one attached hydrogen (secondary N) is 1. The van der Waals surface area contributed by atoms with Crippen molar-refractivity contribution >= 4 is 17.8 Å². The Kier molecular flexibility index (Phi) is 6.44. The fraction of sp³-hybridized carbons (Fsp3) is 0.368. The van der Waals surface area contributed by atoms with Gasteiger partial charge >= 0.3 is 0 Å². The van der Waals surface area contributed by atoms with Gasteiger partial charge in [0.25, 0.3) is 0 Å². The zero-order valence-corrected chi connectivity index (χ0v) is 14.5. The quantitative estimate of drug-likeness (QED) is 0.557. The minimum absolute atomic E-state index is 0.123. The van der Waals surface area contributed by atoms with Gasteiger partial charge in [0.05, 0.1) is 0 Å². The van der Waals surface area contributed by atoms with E-state index in [1.54, 1.807) is 23.0 Å². The lowest BCUT2D eigenvalue weighted by atomic mass is 10.1. The molecule has 0 aliphatic rings. The standard InChI is InChI=1S/C19H23F2N3O/c1-15-5-7-16(8-6-15)9-10-18(25)22-17-11-14-24(23-17)13-4-3-12-19(2,20)21/h5-11,14H,3-4,12-13H2,1-2H3,(H,22,23,25). The average molecular weight is 347 g/mol. The maximum absolute atomic E-state index is 12.7. The van der Waals surface area contributed by atoms with E-state index < -0.39 is 5.92 Å². The Labute approximate surface area is 146 Å². The number of nitrogens with zero attached hydrogens (tertiary/aromatic N) is 2. The molecule has 1 aromatic carbocycles. The molecule has 1 amide bonds. The smallest absolute Gasteiger partial charge is 0.249 e. The van der Waals surface area contributed by atoms with E-state index in [1.165, 1.54) is 6.08 Å². The Morgan fingerprint density at radius 2 is 1.96 bits per heavy atom. The van der Waals surface area contributed by atoms with E-state index in [2.05, 4.69) is 10.4 Å². The number of benzene rings is 1. The van der Waals surface area contributed by atoms with Gasteiger partial charge in [-0.3, -0.25) is 9.48 Å². The van der Waals surface area contributed by atoms with Gasteiger partial charge in [-0.25, -0.2) is 8.78 Å². The summed E-state index contributed by atoms with van der Waals surface area (Å²) in [4.78, 5) is 11.9. The fourth-order valence-electron chi connectivity index (χ4n) is 2.28. The number of carbonyl (C=O) groups is 1. The number of carbonyl (C=O) groups excluding carboxylic acids is 1. The number of hydrogen-bond donors (Lipinski definition) is 1. The Morgan fingerprint density at radius 3 is 2.64 bits per heavy atom. The van der Waals surface area contributed by atoms with Gasteiger partial charge in [-0.05, 0) is 38.3 Å². The highest BCUT2D eigenvalue weighted by molar-refractivity contribution is 6.01. The van der Waals surface area contributed by atoms with Crippen LogP contribution in [0.5, 0.6) is 0 Å². The summed E-state index contributed by atoms with van der Waals surface area (Å²) >= 11 is 0. The van der Waals surface area contributed by atoms with Crippen LogP contribution in [0.2, 0.25) is 0 Å². The first-order valence-electron chi connectivity index (χ1n) is 8.29. The Morgan fingerprint density at radius 1 is 1.24 bits per heavy atom. The van der Waals surface area contributed by atoms with Crippen molar-refractivity contribution in [2.75, 3.05) is 5.32 Å². The number of rotatable bonds is 8. The van der Waals surface area contributed by atoms with Crippen LogP contribution in [-0.4, -0.2) is 21.6 Å². The van der Waals surface area contributed by atoms with E-state index in [-0.39, 0.29) is 12.3 Å². The number of alkyl halides is 2. The molecule has 4 nitrogen and oxygen atoms in total. The molecule has 2 rings (SSSR count). The molecule has 0 fully saturated rings. The first-order valence-corrected chi connectivity index (χ1v) is 8.29. The van der Waals surface area contributed by atoms with Crippen molar-refractivity contribution in [2.24, 2.45) is 0 Å². The van der Waals surface area contributed by atoms with Gasteiger partial charge in [0.15, 0.2) is 5.82 Å². The van der Waals surface area contributed by atoms with E-state index in [0.717, 1.165) is 18.1 Å². The molecule has 0 radical (unpaired) electrons. The van der Waals surface area contributed by atoms with Gasteiger partial charge < -0.3 is 5.32 Å². The van der Waals surface area contributed by atoms with Crippen LogP contribution < -0.4 is 5.32 Å². The number of aromatic nitrogens is 2. The van der Waals surface area contributed by atoms with E-state index in [1.807, 2.05) is 31.2 Å². The molecule has 25 heavy (non-hydrogen) atoms. The minimum Gasteiger partial charge on any atom is -0.306 e. The molecule has 0 aliphatic heterocycles. The van der Waals surface area contributed by atoms with Crippen molar-refractivity contribution in [3.05, 3.63) is 53.7 Å². The third-order valence-electron chi connectivity index (χ3n) is 3.65. The number of aryl methyl sites for hydroxylation is 2. The first-order chi connectivity index (χ1) is 11.8. The maximum atomic E-state index is 12.7. The molecular formula is C19H23F2N3O. The van der Waals surface area contributed by atoms with Crippen LogP contribution in [0.4, 0.5) is 14.6 Å². The summed E-state index contributed by atoms with van der Waals surface area (Å²) < 4.78 is 27.1. The van der Waals surface area contributed by atoms with Crippen molar-refractivity contribution in [3.8, 4) is 0 Å². The SMILES string of the molecule is Cc1ccc(C=CC(=O)Nc2ccn(CCCCC(C)(F)F)n2)cc1. The van der Waals surface area contributed by atoms with Gasteiger partial charge in [0, 0.05) is 31.3 Å². The Balaban J connectivity index is 1.78. The lowest BCUT2D eigenvalue weighted by Crippen LogP contribution is -2.10. The maximum Gasteiger partial charge on any atom is 0.249 e. The normalized spacial score (nSPS) is 11.8. The van der Waals surface area contributed by atoms with Crippen molar-refractivity contribution in [1.29, 1.82) is 0 Å². The van der Waals surface area contributed by atoms with Crippen LogP contribution in [0, 0.1) is 6.92 Å².